The summed E-state index contributed by atoms with van der Waals surface area (Å²) in [5.41, 5.74) is 5.77. The van der Waals surface area contributed by atoms with Crippen LogP contribution < -0.4 is 5.73 Å². The first-order chi connectivity index (χ1) is 7.15. The number of nitrogens with two attached hydrogens (primary N) is 1. The summed E-state index contributed by atoms with van der Waals surface area (Å²) in [6.07, 6.45) is 3.29. The van der Waals surface area contributed by atoms with Gasteiger partial charge in [-0.1, -0.05) is 6.08 Å². The Morgan fingerprint density at radius 3 is 2.87 bits per heavy atom. The Hall–Kier alpha value is -0.870. The van der Waals surface area contributed by atoms with Gasteiger partial charge in [0.2, 0.25) is 5.91 Å². The van der Waals surface area contributed by atoms with Gasteiger partial charge in [0, 0.05) is 19.6 Å². The summed E-state index contributed by atoms with van der Waals surface area (Å²) in [7, 11) is 2.08. The normalized spacial score (nSPS) is 20.8. The molecular formula is C11H21N3O. The highest BCUT2D eigenvalue weighted by Gasteiger charge is 2.21. The molecule has 0 aromatic rings. The van der Waals surface area contributed by atoms with Crippen molar-refractivity contribution in [1.29, 1.82) is 0 Å². The fourth-order valence-electron chi connectivity index (χ4n) is 1.78. The van der Waals surface area contributed by atoms with Gasteiger partial charge in [-0.25, -0.2) is 0 Å². The Balaban J connectivity index is 2.47. The van der Waals surface area contributed by atoms with Crippen molar-refractivity contribution in [1.82, 2.24) is 9.80 Å². The molecule has 1 amide bonds. The van der Waals surface area contributed by atoms with E-state index in [1.807, 2.05) is 4.90 Å². The Morgan fingerprint density at radius 2 is 2.20 bits per heavy atom. The number of nitrogens with zero attached hydrogens (tertiary/aromatic N) is 2. The van der Waals surface area contributed by atoms with Crippen molar-refractivity contribution < 1.29 is 4.79 Å². The van der Waals surface area contributed by atoms with Crippen LogP contribution in [0.5, 0.6) is 0 Å². The van der Waals surface area contributed by atoms with Gasteiger partial charge >= 0.3 is 0 Å². The van der Waals surface area contributed by atoms with Crippen LogP contribution in [0.4, 0.5) is 0 Å². The first-order valence-corrected chi connectivity index (χ1v) is 5.49. The molecule has 0 aliphatic carbocycles. The van der Waals surface area contributed by atoms with Crippen LogP contribution in [0.3, 0.4) is 0 Å². The molecule has 1 aliphatic heterocycles. The van der Waals surface area contributed by atoms with Crippen molar-refractivity contribution in [3.63, 3.8) is 0 Å². The van der Waals surface area contributed by atoms with Crippen molar-refractivity contribution in [2.75, 3.05) is 33.2 Å². The Bertz CT molecular complexity index is 230. The predicted molar refractivity (Wildman–Crippen MR) is 61.5 cm³/mol. The second kappa shape index (κ2) is 5.88. The first kappa shape index (κ1) is 12.2. The van der Waals surface area contributed by atoms with Gasteiger partial charge < -0.3 is 15.5 Å². The van der Waals surface area contributed by atoms with E-state index in [4.69, 9.17) is 5.73 Å². The zero-order valence-corrected chi connectivity index (χ0v) is 9.48. The van der Waals surface area contributed by atoms with Crippen LogP contribution in [-0.2, 0) is 4.79 Å². The highest BCUT2D eigenvalue weighted by Crippen LogP contribution is 2.04. The van der Waals surface area contributed by atoms with Gasteiger partial charge in [0.25, 0.3) is 0 Å². The molecule has 0 aromatic carbocycles. The molecule has 0 radical (unpaired) electrons. The minimum atomic E-state index is -0.411. The van der Waals surface area contributed by atoms with E-state index in [1.54, 1.807) is 6.08 Å². The largest absolute Gasteiger partial charge is 0.340 e. The number of hydrogen-bond donors (Lipinski definition) is 1. The van der Waals surface area contributed by atoms with Crippen LogP contribution in [0, 0.1) is 0 Å². The molecule has 1 heterocycles. The fourth-order valence-corrected chi connectivity index (χ4v) is 1.78. The third kappa shape index (κ3) is 3.64. The maximum absolute atomic E-state index is 11.9. The average Bonchev–Trinajstić information content (AvgIpc) is 2.42. The zero-order valence-electron chi connectivity index (χ0n) is 9.48. The summed E-state index contributed by atoms with van der Waals surface area (Å²) in [5.74, 6) is 0.0604. The Kier molecular flexibility index (Phi) is 4.78. The van der Waals surface area contributed by atoms with E-state index >= 15 is 0 Å². The van der Waals surface area contributed by atoms with Gasteiger partial charge in [0.15, 0.2) is 0 Å². The summed E-state index contributed by atoms with van der Waals surface area (Å²) in [6.45, 7) is 7.21. The number of likely N-dealkylation sites (N-methyl/N-ethyl adjacent to an activating group) is 1. The summed E-state index contributed by atoms with van der Waals surface area (Å²) >= 11 is 0. The topological polar surface area (TPSA) is 49.6 Å². The summed E-state index contributed by atoms with van der Waals surface area (Å²) in [4.78, 5) is 16.0. The van der Waals surface area contributed by atoms with E-state index in [0.29, 0.717) is 6.42 Å². The molecule has 4 heteroatoms. The standard InChI is InChI=1S/C11H21N3O/c1-3-5-10(12)11(15)14-7-4-6-13(2)8-9-14/h3,10H,1,4-9,12H2,2H3. The van der Waals surface area contributed by atoms with Crippen molar-refractivity contribution in [2.24, 2.45) is 5.73 Å². The smallest absolute Gasteiger partial charge is 0.239 e. The number of amides is 1. The fraction of sp³-hybridized carbons (Fsp3) is 0.727. The molecule has 1 saturated heterocycles. The molecule has 86 valence electrons. The number of carbonyl (C=O) groups excluding carboxylic acids is 1. The van der Waals surface area contributed by atoms with Gasteiger partial charge in [-0.2, -0.15) is 0 Å². The Labute approximate surface area is 91.7 Å². The van der Waals surface area contributed by atoms with Crippen LogP contribution in [0.1, 0.15) is 12.8 Å². The molecule has 4 nitrogen and oxygen atoms in total. The average molecular weight is 211 g/mol. The number of carbonyl (C=O) groups is 1. The van der Waals surface area contributed by atoms with Crippen molar-refractivity contribution in [2.45, 2.75) is 18.9 Å². The molecule has 2 N–H and O–H groups in total. The molecule has 1 rings (SSSR count). The van der Waals surface area contributed by atoms with Crippen molar-refractivity contribution in [3.05, 3.63) is 12.7 Å². The third-order valence-electron chi connectivity index (χ3n) is 2.77. The number of rotatable bonds is 3. The van der Waals surface area contributed by atoms with Crippen molar-refractivity contribution in [3.8, 4) is 0 Å². The molecule has 1 fully saturated rings. The lowest BCUT2D eigenvalue weighted by Crippen LogP contribution is -2.44. The van der Waals surface area contributed by atoms with Gasteiger partial charge in [0.1, 0.15) is 0 Å². The van der Waals surface area contributed by atoms with Gasteiger partial charge in [-0.15, -0.1) is 6.58 Å². The van der Waals surface area contributed by atoms with Crippen LogP contribution in [0.25, 0.3) is 0 Å². The minimum absolute atomic E-state index is 0.0604. The molecule has 0 saturated carbocycles. The van der Waals surface area contributed by atoms with Crippen LogP contribution in [-0.4, -0.2) is 55.0 Å². The van der Waals surface area contributed by atoms with Crippen LogP contribution >= 0.6 is 0 Å². The molecule has 1 unspecified atom stereocenters. The maximum Gasteiger partial charge on any atom is 0.239 e. The minimum Gasteiger partial charge on any atom is -0.340 e. The second-order valence-corrected chi connectivity index (χ2v) is 4.11. The zero-order chi connectivity index (χ0) is 11.3. The van der Waals surface area contributed by atoms with E-state index in [2.05, 4.69) is 18.5 Å². The van der Waals surface area contributed by atoms with Gasteiger partial charge in [0.05, 0.1) is 6.04 Å². The van der Waals surface area contributed by atoms with Crippen LogP contribution in [0.15, 0.2) is 12.7 Å². The molecule has 0 aromatic heterocycles. The molecule has 15 heavy (non-hydrogen) atoms. The second-order valence-electron chi connectivity index (χ2n) is 4.11. The van der Waals surface area contributed by atoms with E-state index in [1.165, 1.54) is 0 Å². The maximum atomic E-state index is 11.9. The molecule has 1 aliphatic rings. The summed E-state index contributed by atoms with van der Waals surface area (Å²) in [6, 6.07) is -0.411. The predicted octanol–water partition coefficient (Wildman–Crippen LogP) is 0.0539. The van der Waals surface area contributed by atoms with Crippen molar-refractivity contribution >= 4 is 5.91 Å². The van der Waals surface area contributed by atoms with Crippen LogP contribution in [0.2, 0.25) is 0 Å². The Morgan fingerprint density at radius 1 is 1.47 bits per heavy atom. The monoisotopic (exact) mass is 211 g/mol. The van der Waals surface area contributed by atoms with E-state index in [-0.39, 0.29) is 5.91 Å². The lowest BCUT2D eigenvalue weighted by molar-refractivity contribution is -0.132. The molecular weight excluding hydrogens is 190 g/mol. The highest BCUT2D eigenvalue weighted by molar-refractivity contribution is 5.81. The lowest BCUT2D eigenvalue weighted by atomic mass is 10.2. The van der Waals surface area contributed by atoms with Gasteiger partial charge in [-0.3, -0.25) is 4.79 Å². The van der Waals surface area contributed by atoms with E-state index in [0.717, 1.165) is 32.6 Å². The number of hydrogen-bond acceptors (Lipinski definition) is 3. The molecule has 0 spiro atoms. The van der Waals surface area contributed by atoms with E-state index < -0.39 is 6.04 Å². The first-order valence-electron chi connectivity index (χ1n) is 5.49. The summed E-state index contributed by atoms with van der Waals surface area (Å²) in [5, 5.41) is 0. The van der Waals surface area contributed by atoms with Gasteiger partial charge in [-0.05, 0) is 26.4 Å². The quantitative estimate of drug-likeness (QED) is 0.671. The molecule has 0 bridgehead atoms. The highest BCUT2D eigenvalue weighted by atomic mass is 16.2. The third-order valence-corrected chi connectivity index (χ3v) is 2.77. The molecule has 1 atom stereocenters. The van der Waals surface area contributed by atoms with E-state index in [9.17, 15) is 4.79 Å². The SMILES string of the molecule is C=CCC(N)C(=O)N1CCCN(C)CC1. The lowest BCUT2D eigenvalue weighted by Gasteiger charge is -2.23. The summed E-state index contributed by atoms with van der Waals surface area (Å²) < 4.78 is 0.